The molecule has 1 amide bonds. The minimum absolute atomic E-state index is 0.0520. The number of nitrogens with zero attached hydrogens (tertiary/aromatic N) is 1. The topological polar surface area (TPSA) is 90.8 Å². The fourth-order valence-electron chi connectivity index (χ4n) is 1.77. The lowest BCUT2D eigenvalue weighted by atomic mass is 10.1. The molecule has 2 aromatic carbocycles. The van der Waals surface area contributed by atoms with Crippen LogP contribution < -0.4 is 10.7 Å². The van der Waals surface area contributed by atoms with Crippen LogP contribution in [0, 0.1) is 5.82 Å². The number of nitrogens with one attached hydrogen (secondary N) is 2. The second-order valence-corrected chi connectivity index (χ2v) is 4.55. The number of hydrazone groups is 1. The zero-order chi connectivity index (χ0) is 16.7. The third-order valence-electron chi connectivity index (χ3n) is 2.88. The molecule has 0 heterocycles. The van der Waals surface area contributed by atoms with E-state index in [2.05, 4.69) is 15.8 Å². The van der Waals surface area contributed by atoms with Crippen LogP contribution in [0.3, 0.4) is 0 Å². The van der Waals surface area contributed by atoms with Gasteiger partial charge < -0.3 is 10.4 Å². The summed E-state index contributed by atoms with van der Waals surface area (Å²) in [5.41, 5.74) is 3.35. The first kappa shape index (κ1) is 16.2. The highest BCUT2D eigenvalue weighted by Gasteiger charge is 2.06. The monoisotopic (exact) mass is 315 g/mol. The quantitative estimate of drug-likeness (QED) is 0.562. The van der Waals surface area contributed by atoms with Crippen LogP contribution in [0.25, 0.3) is 0 Å². The van der Waals surface area contributed by atoms with Gasteiger partial charge in [0.05, 0.1) is 18.3 Å². The number of hydrogen-bond donors (Lipinski definition) is 3. The molecule has 0 aliphatic rings. The van der Waals surface area contributed by atoms with Crippen molar-refractivity contribution in [2.75, 3.05) is 11.9 Å². The Morgan fingerprint density at radius 2 is 1.83 bits per heavy atom. The van der Waals surface area contributed by atoms with Gasteiger partial charge in [0.2, 0.25) is 0 Å². The Labute approximate surface area is 131 Å². The van der Waals surface area contributed by atoms with Crippen LogP contribution in [0.2, 0.25) is 0 Å². The predicted molar refractivity (Wildman–Crippen MR) is 84.0 cm³/mol. The van der Waals surface area contributed by atoms with Gasteiger partial charge in [0, 0.05) is 11.3 Å². The summed E-state index contributed by atoms with van der Waals surface area (Å²) in [6.07, 6.45) is 1.26. The van der Waals surface area contributed by atoms with E-state index >= 15 is 0 Å². The average Bonchev–Trinajstić information content (AvgIpc) is 2.54. The average molecular weight is 315 g/mol. The fourth-order valence-corrected chi connectivity index (χ4v) is 1.77. The van der Waals surface area contributed by atoms with Gasteiger partial charge in [-0.15, -0.1) is 0 Å². The van der Waals surface area contributed by atoms with Crippen molar-refractivity contribution in [1.29, 1.82) is 0 Å². The standard InChI is InChI=1S/C16H14FN3O3/c17-12-5-7-13(8-6-12)18-10-15(21)20-19-9-11-3-1-2-4-14(11)16(22)23/h1-9,18H,10H2,(H,20,21)(H,22,23)/b19-9-. The summed E-state index contributed by atoms with van der Waals surface area (Å²) >= 11 is 0. The lowest BCUT2D eigenvalue weighted by Crippen LogP contribution is -2.25. The number of hydrogen-bond acceptors (Lipinski definition) is 4. The van der Waals surface area contributed by atoms with E-state index in [4.69, 9.17) is 5.11 Å². The van der Waals surface area contributed by atoms with Crippen molar-refractivity contribution in [2.45, 2.75) is 0 Å². The number of carboxylic acid groups (broad SMARTS) is 1. The maximum Gasteiger partial charge on any atom is 0.336 e. The van der Waals surface area contributed by atoms with Gasteiger partial charge in [0.25, 0.3) is 5.91 Å². The number of anilines is 1. The van der Waals surface area contributed by atoms with E-state index in [-0.39, 0.29) is 17.9 Å². The molecule has 6 nitrogen and oxygen atoms in total. The van der Waals surface area contributed by atoms with Gasteiger partial charge in [-0.3, -0.25) is 4.79 Å². The molecule has 0 fully saturated rings. The fraction of sp³-hybridized carbons (Fsp3) is 0.0625. The van der Waals surface area contributed by atoms with Crippen LogP contribution in [0.15, 0.2) is 53.6 Å². The zero-order valence-electron chi connectivity index (χ0n) is 12.0. The van der Waals surface area contributed by atoms with Crippen LogP contribution in [0.1, 0.15) is 15.9 Å². The molecular weight excluding hydrogens is 301 g/mol. The number of carboxylic acids is 1. The Balaban J connectivity index is 1.87. The van der Waals surface area contributed by atoms with Crippen LogP contribution in [-0.2, 0) is 4.79 Å². The number of carbonyl (C=O) groups excluding carboxylic acids is 1. The van der Waals surface area contributed by atoms with E-state index in [1.165, 1.54) is 36.5 Å². The van der Waals surface area contributed by atoms with Crippen molar-refractivity contribution >= 4 is 23.8 Å². The molecule has 0 atom stereocenters. The molecule has 7 heteroatoms. The van der Waals surface area contributed by atoms with E-state index in [1.807, 2.05) is 0 Å². The molecule has 118 valence electrons. The number of halogens is 1. The lowest BCUT2D eigenvalue weighted by Gasteiger charge is -2.05. The minimum Gasteiger partial charge on any atom is -0.478 e. The van der Waals surface area contributed by atoms with Crippen molar-refractivity contribution in [1.82, 2.24) is 5.43 Å². The first-order chi connectivity index (χ1) is 11.1. The summed E-state index contributed by atoms with van der Waals surface area (Å²) in [6.45, 7) is -0.0520. The minimum atomic E-state index is -1.07. The van der Waals surface area contributed by atoms with Crippen molar-refractivity contribution in [3.8, 4) is 0 Å². The third kappa shape index (κ3) is 4.92. The number of aromatic carboxylic acids is 1. The van der Waals surface area contributed by atoms with E-state index < -0.39 is 11.9 Å². The maximum absolute atomic E-state index is 12.7. The Morgan fingerprint density at radius 3 is 2.52 bits per heavy atom. The molecule has 0 aromatic heterocycles. The van der Waals surface area contributed by atoms with Gasteiger partial charge in [-0.05, 0) is 30.3 Å². The van der Waals surface area contributed by atoms with Gasteiger partial charge in [0.1, 0.15) is 5.82 Å². The van der Waals surface area contributed by atoms with Gasteiger partial charge in [0.15, 0.2) is 0 Å². The molecule has 3 N–H and O–H groups in total. The van der Waals surface area contributed by atoms with Crippen molar-refractivity contribution in [3.05, 3.63) is 65.5 Å². The first-order valence-electron chi connectivity index (χ1n) is 6.70. The van der Waals surface area contributed by atoms with E-state index in [0.29, 0.717) is 11.3 Å². The van der Waals surface area contributed by atoms with Gasteiger partial charge >= 0.3 is 5.97 Å². The Hall–Kier alpha value is -3.22. The molecule has 2 rings (SSSR count). The van der Waals surface area contributed by atoms with Crippen LogP contribution in [0.5, 0.6) is 0 Å². The highest BCUT2D eigenvalue weighted by molar-refractivity contribution is 5.98. The normalized spacial score (nSPS) is 10.5. The third-order valence-corrected chi connectivity index (χ3v) is 2.88. The summed E-state index contributed by atoms with van der Waals surface area (Å²) in [5.74, 6) is -1.85. The van der Waals surface area contributed by atoms with Crippen LogP contribution >= 0.6 is 0 Å². The van der Waals surface area contributed by atoms with Crippen molar-refractivity contribution in [2.24, 2.45) is 5.10 Å². The summed E-state index contributed by atoms with van der Waals surface area (Å²) in [4.78, 5) is 22.6. The zero-order valence-corrected chi connectivity index (χ0v) is 12.0. The summed E-state index contributed by atoms with van der Waals surface area (Å²) < 4.78 is 12.7. The number of carbonyl (C=O) groups is 2. The van der Waals surface area contributed by atoms with Crippen LogP contribution in [-0.4, -0.2) is 29.7 Å². The predicted octanol–water partition coefficient (Wildman–Crippen LogP) is 2.09. The molecule has 0 bridgehead atoms. The number of amides is 1. The molecule has 0 aliphatic heterocycles. The summed E-state index contributed by atoms with van der Waals surface area (Å²) in [7, 11) is 0. The maximum atomic E-state index is 12.7. The molecule has 23 heavy (non-hydrogen) atoms. The Morgan fingerprint density at radius 1 is 1.13 bits per heavy atom. The van der Waals surface area contributed by atoms with Gasteiger partial charge in [-0.1, -0.05) is 18.2 Å². The highest BCUT2D eigenvalue weighted by Crippen LogP contribution is 2.07. The molecule has 0 radical (unpaired) electrons. The summed E-state index contributed by atoms with van der Waals surface area (Å²) in [5, 5.41) is 15.5. The SMILES string of the molecule is O=C(CNc1ccc(F)cc1)N/N=C\c1ccccc1C(=O)O. The number of rotatable bonds is 6. The Bertz CT molecular complexity index is 730. The van der Waals surface area contributed by atoms with Crippen molar-refractivity contribution < 1.29 is 19.1 Å². The first-order valence-corrected chi connectivity index (χ1v) is 6.70. The lowest BCUT2D eigenvalue weighted by molar-refractivity contribution is -0.119. The van der Waals surface area contributed by atoms with E-state index in [0.717, 1.165) is 0 Å². The molecule has 0 saturated carbocycles. The van der Waals surface area contributed by atoms with Crippen LogP contribution in [0.4, 0.5) is 10.1 Å². The molecular formula is C16H14FN3O3. The van der Waals surface area contributed by atoms with E-state index in [9.17, 15) is 14.0 Å². The van der Waals surface area contributed by atoms with E-state index in [1.54, 1.807) is 18.2 Å². The second-order valence-electron chi connectivity index (χ2n) is 4.55. The Kier molecular flexibility index (Phi) is 5.40. The molecule has 0 aliphatic carbocycles. The molecule has 0 saturated heterocycles. The summed E-state index contributed by atoms with van der Waals surface area (Å²) in [6, 6.07) is 11.9. The largest absolute Gasteiger partial charge is 0.478 e. The molecule has 2 aromatic rings. The molecule has 0 unspecified atom stereocenters. The highest BCUT2D eigenvalue weighted by atomic mass is 19.1. The van der Waals surface area contributed by atoms with Gasteiger partial charge in [-0.2, -0.15) is 5.10 Å². The van der Waals surface area contributed by atoms with Gasteiger partial charge in [-0.25, -0.2) is 14.6 Å². The molecule has 0 spiro atoms. The smallest absolute Gasteiger partial charge is 0.336 e. The number of benzene rings is 2. The van der Waals surface area contributed by atoms with Crippen molar-refractivity contribution in [3.63, 3.8) is 0 Å². The second kappa shape index (κ2) is 7.69.